The van der Waals surface area contributed by atoms with Gasteiger partial charge in [-0.25, -0.2) is 0 Å². The number of rotatable bonds is 7. The van der Waals surface area contributed by atoms with Crippen LogP contribution in [0.4, 0.5) is 0 Å². The Labute approximate surface area is 162 Å². The summed E-state index contributed by atoms with van der Waals surface area (Å²) in [6.45, 7) is 7.93. The first-order valence-electron chi connectivity index (χ1n) is 9.39. The quantitative estimate of drug-likeness (QED) is 0.629. The Kier molecular flexibility index (Phi) is 8.01. The molecule has 0 bridgehead atoms. The summed E-state index contributed by atoms with van der Waals surface area (Å²) in [5.41, 5.74) is 9.10. The van der Waals surface area contributed by atoms with Gasteiger partial charge in [-0.15, -0.1) is 5.10 Å². The summed E-state index contributed by atoms with van der Waals surface area (Å²) in [6, 6.07) is 16.6. The minimum atomic E-state index is 0.508. The van der Waals surface area contributed by atoms with Crippen molar-refractivity contribution in [2.24, 2.45) is 5.73 Å². The lowest BCUT2D eigenvalue weighted by molar-refractivity contribution is 0.298. The van der Waals surface area contributed by atoms with Crippen LogP contribution in [0.2, 0.25) is 0 Å². The molecule has 0 saturated carbocycles. The van der Waals surface area contributed by atoms with Crippen LogP contribution in [0.15, 0.2) is 54.7 Å². The molecule has 144 valence electrons. The highest BCUT2D eigenvalue weighted by atomic mass is 16.5. The minimum absolute atomic E-state index is 0.508. The molecule has 0 unspecified atom stereocenters. The Morgan fingerprint density at radius 2 is 1.81 bits per heavy atom. The van der Waals surface area contributed by atoms with Gasteiger partial charge in [0, 0.05) is 18.5 Å². The fourth-order valence-electron chi connectivity index (χ4n) is 2.65. The van der Waals surface area contributed by atoms with E-state index in [1.165, 1.54) is 18.2 Å². The highest BCUT2D eigenvalue weighted by molar-refractivity contribution is 5.58. The highest BCUT2D eigenvalue weighted by Gasteiger charge is 2.06. The zero-order valence-electron chi connectivity index (χ0n) is 16.7. The largest absolute Gasteiger partial charge is 0.494 e. The lowest BCUT2D eigenvalue weighted by Crippen LogP contribution is -2.05. The van der Waals surface area contributed by atoms with Crippen molar-refractivity contribution in [3.63, 3.8) is 0 Å². The van der Waals surface area contributed by atoms with Gasteiger partial charge in [0.2, 0.25) is 0 Å². The summed E-state index contributed by atoms with van der Waals surface area (Å²) in [5.74, 6) is 1.42. The molecule has 0 spiro atoms. The Hall–Kier alpha value is -2.66. The van der Waals surface area contributed by atoms with Gasteiger partial charge < -0.3 is 10.5 Å². The summed E-state index contributed by atoms with van der Waals surface area (Å²) in [7, 11) is 1.50. The zero-order valence-corrected chi connectivity index (χ0v) is 16.7. The second-order valence-corrected chi connectivity index (χ2v) is 6.66. The molecule has 0 aliphatic carbocycles. The van der Waals surface area contributed by atoms with E-state index in [2.05, 4.69) is 73.2 Å². The molecule has 1 aromatic heterocycles. The molecule has 1 heterocycles. The summed E-state index contributed by atoms with van der Waals surface area (Å²) in [4.78, 5) is 0. The monoisotopic (exact) mass is 366 g/mol. The molecular formula is C22H30N4O. The van der Waals surface area contributed by atoms with Crippen molar-refractivity contribution in [2.75, 3.05) is 13.7 Å². The van der Waals surface area contributed by atoms with Crippen LogP contribution in [0.5, 0.6) is 5.75 Å². The van der Waals surface area contributed by atoms with Crippen LogP contribution in [-0.2, 0) is 6.54 Å². The summed E-state index contributed by atoms with van der Waals surface area (Å²) >= 11 is 0. The first-order valence-corrected chi connectivity index (χ1v) is 9.39. The van der Waals surface area contributed by atoms with Gasteiger partial charge in [0.1, 0.15) is 11.4 Å². The molecule has 0 fully saturated rings. The summed E-state index contributed by atoms with van der Waals surface area (Å²) in [6.07, 6.45) is 2.90. The maximum absolute atomic E-state index is 5.75. The number of aryl methyl sites for hydroxylation is 2. The number of hydrogen-bond donors (Lipinski definition) is 1. The Morgan fingerprint density at radius 1 is 1.07 bits per heavy atom. The minimum Gasteiger partial charge on any atom is -0.494 e. The molecular weight excluding hydrogens is 336 g/mol. The average molecular weight is 367 g/mol. The number of benzene rings is 2. The van der Waals surface area contributed by atoms with Crippen LogP contribution in [-0.4, -0.2) is 28.6 Å². The summed E-state index contributed by atoms with van der Waals surface area (Å²) in [5, 5.41) is 8.54. The van der Waals surface area contributed by atoms with E-state index in [0.29, 0.717) is 12.5 Å². The number of nitrogens with zero attached hydrogens (tertiary/aromatic N) is 3. The Balaban J connectivity index is 0.00000126. The molecule has 0 atom stereocenters. The van der Waals surface area contributed by atoms with E-state index in [0.717, 1.165) is 30.0 Å². The molecule has 2 N–H and O–H groups in total. The van der Waals surface area contributed by atoms with Crippen molar-refractivity contribution in [1.29, 1.82) is 0 Å². The number of nitrogens with two attached hydrogens (primary N) is 1. The third-order valence-corrected chi connectivity index (χ3v) is 4.21. The molecule has 0 saturated heterocycles. The van der Waals surface area contributed by atoms with Crippen molar-refractivity contribution >= 4 is 0 Å². The van der Waals surface area contributed by atoms with Gasteiger partial charge in [-0.2, -0.15) is 0 Å². The zero-order chi connectivity index (χ0) is 19.6. The van der Waals surface area contributed by atoms with Crippen LogP contribution in [0.3, 0.4) is 0 Å². The van der Waals surface area contributed by atoms with Crippen molar-refractivity contribution in [1.82, 2.24) is 15.0 Å². The first kappa shape index (κ1) is 20.6. The number of hydrogen-bond acceptors (Lipinski definition) is 4. The van der Waals surface area contributed by atoms with Crippen LogP contribution in [0.25, 0.3) is 11.3 Å². The Morgan fingerprint density at radius 3 is 2.52 bits per heavy atom. The molecule has 2 aromatic carbocycles. The van der Waals surface area contributed by atoms with Crippen molar-refractivity contribution < 1.29 is 4.74 Å². The highest BCUT2D eigenvalue weighted by Crippen LogP contribution is 2.22. The number of aromatic nitrogens is 3. The van der Waals surface area contributed by atoms with Gasteiger partial charge in [0.25, 0.3) is 0 Å². The van der Waals surface area contributed by atoms with Crippen LogP contribution in [0.1, 0.15) is 37.3 Å². The second-order valence-electron chi connectivity index (χ2n) is 6.66. The van der Waals surface area contributed by atoms with E-state index in [-0.39, 0.29) is 0 Å². The molecule has 0 amide bonds. The normalized spacial score (nSPS) is 10.4. The molecule has 3 rings (SSSR count). The SMILES string of the molecule is CN.Cc1ccc(OCCCn2cc(-c3cccc(C(C)C)c3)nn2)cc1. The molecule has 0 radical (unpaired) electrons. The van der Waals surface area contributed by atoms with Crippen molar-refractivity contribution in [3.8, 4) is 17.0 Å². The third-order valence-electron chi connectivity index (χ3n) is 4.21. The van der Waals surface area contributed by atoms with E-state index in [9.17, 15) is 0 Å². The first-order chi connectivity index (χ1) is 13.1. The topological polar surface area (TPSA) is 66.0 Å². The van der Waals surface area contributed by atoms with Gasteiger partial charge in [0.15, 0.2) is 0 Å². The van der Waals surface area contributed by atoms with E-state index in [1.807, 2.05) is 23.0 Å². The smallest absolute Gasteiger partial charge is 0.119 e. The van der Waals surface area contributed by atoms with Crippen LogP contribution < -0.4 is 10.5 Å². The van der Waals surface area contributed by atoms with Crippen LogP contribution in [0, 0.1) is 6.92 Å². The number of ether oxygens (including phenoxy) is 1. The van der Waals surface area contributed by atoms with Crippen LogP contribution >= 0.6 is 0 Å². The summed E-state index contributed by atoms with van der Waals surface area (Å²) < 4.78 is 7.64. The molecule has 0 aliphatic rings. The predicted octanol–water partition coefficient (Wildman–Crippen LogP) is 4.42. The second kappa shape index (κ2) is 10.5. The maximum Gasteiger partial charge on any atom is 0.119 e. The van der Waals surface area contributed by atoms with Gasteiger partial charge >= 0.3 is 0 Å². The van der Waals surface area contributed by atoms with Crippen molar-refractivity contribution in [3.05, 3.63) is 65.9 Å². The predicted molar refractivity (Wildman–Crippen MR) is 111 cm³/mol. The fourth-order valence-corrected chi connectivity index (χ4v) is 2.65. The molecule has 3 aromatic rings. The standard InChI is InChI=1S/C21H25N3O.CH5N/c1-16(2)18-6-4-7-19(14-18)21-15-24(23-22-21)12-5-13-25-20-10-8-17(3)9-11-20;1-2/h4,6-11,14-16H,5,12-13H2,1-3H3;2H2,1H3. The molecule has 5 heteroatoms. The van der Waals surface area contributed by atoms with Crippen molar-refractivity contribution in [2.45, 2.75) is 39.7 Å². The van der Waals surface area contributed by atoms with E-state index in [1.54, 1.807) is 0 Å². The maximum atomic E-state index is 5.75. The Bertz CT molecular complexity index is 809. The third kappa shape index (κ3) is 6.22. The van der Waals surface area contributed by atoms with E-state index < -0.39 is 0 Å². The molecule has 27 heavy (non-hydrogen) atoms. The van der Waals surface area contributed by atoms with E-state index >= 15 is 0 Å². The molecule has 5 nitrogen and oxygen atoms in total. The average Bonchev–Trinajstić information content (AvgIpc) is 3.17. The van der Waals surface area contributed by atoms with Gasteiger partial charge in [-0.05, 0) is 43.7 Å². The van der Waals surface area contributed by atoms with Gasteiger partial charge in [-0.3, -0.25) is 4.68 Å². The lowest BCUT2D eigenvalue weighted by Gasteiger charge is -2.06. The lowest BCUT2D eigenvalue weighted by atomic mass is 10.00. The fraction of sp³-hybridized carbons (Fsp3) is 0.364. The van der Waals surface area contributed by atoms with Gasteiger partial charge in [-0.1, -0.05) is 55.0 Å². The molecule has 0 aliphatic heterocycles. The van der Waals surface area contributed by atoms with E-state index in [4.69, 9.17) is 4.74 Å². The van der Waals surface area contributed by atoms with Gasteiger partial charge in [0.05, 0.1) is 12.8 Å².